The number of aliphatic hydroxyl groups is 1. The van der Waals surface area contributed by atoms with Crippen LogP contribution in [-0.2, 0) is 4.79 Å². The van der Waals surface area contributed by atoms with Crippen molar-refractivity contribution >= 4 is 41.8 Å². The van der Waals surface area contributed by atoms with Crippen molar-refractivity contribution in [3.8, 4) is 10.4 Å². The molecule has 0 radical (unpaired) electrons. The van der Waals surface area contributed by atoms with Crippen LogP contribution in [0.5, 0.6) is 0 Å². The number of quaternary nitrogens is 1. The number of benzene rings is 1. The largest absolute Gasteiger partial charge is 2.00 e. The SMILES string of the molecule is CCN[N+](O)(S)c1cc(N2CCC(O)CC2)ccc1-c1cnc(C2CCCCC2)s1.CC[C-]=O.C[CH-]C.[U+2]. The first-order chi connectivity index (χ1) is 17.8. The molecule has 4 rings (SSSR count). The second kappa shape index (κ2) is 18.8. The van der Waals surface area contributed by atoms with Crippen molar-refractivity contribution in [1.29, 1.82) is 0 Å². The Kier molecular flexibility index (Phi) is 17.6. The molecule has 38 heavy (non-hydrogen) atoms. The summed E-state index contributed by atoms with van der Waals surface area (Å²) in [5, 5.41) is 22.1. The minimum absolute atomic E-state index is 0. The van der Waals surface area contributed by atoms with Gasteiger partial charge in [0.2, 0.25) is 5.69 Å². The summed E-state index contributed by atoms with van der Waals surface area (Å²) in [5.74, 6) is 0.568. The summed E-state index contributed by atoms with van der Waals surface area (Å²) >= 11 is 6.26. The quantitative estimate of drug-likeness (QED) is 0.109. The number of rotatable bonds is 7. The third kappa shape index (κ3) is 10.9. The number of nitrogens with zero attached hydrogens (tertiary/aromatic N) is 3. The van der Waals surface area contributed by atoms with Gasteiger partial charge in [-0.15, -0.1) is 16.8 Å². The second-order valence-electron chi connectivity index (χ2n) is 9.51. The van der Waals surface area contributed by atoms with Crippen LogP contribution in [-0.4, -0.2) is 47.3 Å². The normalized spacial score (nSPS) is 17.7. The van der Waals surface area contributed by atoms with E-state index in [2.05, 4.69) is 35.3 Å². The number of aliphatic hydroxyl groups excluding tert-OH is 1. The molecule has 10 heteroatoms. The average molecular weight is 788 g/mol. The zero-order valence-electron chi connectivity index (χ0n) is 23.3. The van der Waals surface area contributed by atoms with Gasteiger partial charge in [0.15, 0.2) is 0 Å². The van der Waals surface area contributed by atoms with Crippen LogP contribution in [0.15, 0.2) is 24.4 Å². The van der Waals surface area contributed by atoms with E-state index in [-0.39, 0.29) is 37.2 Å². The molecule has 210 valence electrons. The first-order valence-electron chi connectivity index (χ1n) is 13.5. The number of thiol groups is 1. The first-order valence-corrected chi connectivity index (χ1v) is 14.7. The van der Waals surface area contributed by atoms with Gasteiger partial charge in [-0.25, -0.2) is 4.98 Å². The maximum absolute atomic E-state index is 11.1. The molecule has 1 saturated carbocycles. The predicted molar refractivity (Wildman–Crippen MR) is 159 cm³/mol. The van der Waals surface area contributed by atoms with Crippen LogP contribution in [0.3, 0.4) is 0 Å². The summed E-state index contributed by atoms with van der Waals surface area (Å²) in [6.45, 7) is 9.91. The van der Waals surface area contributed by atoms with Gasteiger partial charge < -0.3 is 21.2 Å². The topological polar surface area (TPSA) is 85.7 Å². The number of nitrogens with one attached hydrogen (secondary N) is 1. The molecule has 1 atom stereocenters. The van der Waals surface area contributed by atoms with Crippen LogP contribution >= 0.6 is 24.2 Å². The van der Waals surface area contributed by atoms with E-state index < -0.39 is 4.16 Å². The van der Waals surface area contributed by atoms with Crippen molar-refractivity contribution in [2.75, 3.05) is 24.5 Å². The fraction of sp³-hybridized carbons (Fsp3) is 0.607. The van der Waals surface area contributed by atoms with E-state index in [1.807, 2.05) is 39.5 Å². The molecule has 1 aliphatic heterocycles. The van der Waals surface area contributed by atoms with Crippen LogP contribution in [0, 0.1) is 37.5 Å². The van der Waals surface area contributed by atoms with Gasteiger partial charge in [0.05, 0.1) is 21.6 Å². The maximum Gasteiger partial charge on any atom is 2.00 e. The maximum atomic E-state index is 11.1. The van der Waals surface area contributed by atoms with Crippen LogP contribution in [0.25, 0.3) is 10.4 Å². The molecule has 2 aliphatic rings. The monoisotopic (exact) mass is 787 g/mol. The van der Waals surface area contributed by atoms with Gasteiger partial charge >= 0.3 is 31.1 Å². The number of aromatic nitrogens is 1. The fourth-order valence-electron chi connectivity index (χ4n) is 4.56. The summed E-state index contributed by atoms with van der Waals surface area (Å²) < 4.78 is -0.674. The molecule has 2 aromatic rings. The Hall–Kier alpha value is -0.438. The van der Waals surface area contributed by atoms with E-state index in [1.54, 1.807) is 24.5 Å². The van der Waals surface area contributed by atoms with E-state index in [0.717, 1.165) is 42.1 Å². The number of hydrogen-bond donors (Lipinski definition) is 4. The molecule has 3 N–H and O–H groups in total. The fourth-order valence-corrected chi connectivity index (χ4v) is 5.99. The molecule has 0 amide bonds. The molecule has 1 aromatic heterocycles. The Morgan fingerprint density at radius 2 is 1.79 bits per heavy atom. The number of anilines is 1. The van der Waals surface area contributed by atoms with Crippen LogP contribution < -0.4 is 14.5 Å². The number of piperidine rings is 1. The van der Waals surface area contributed by atoms with E-state index in [0.29, 0.717) is 24.6 Å². The molecule has 2 fully saturated rings. The Balaban J connectivity index is 0.000000811. The molecule has 2 heterocycles. The van der Waals surface area contributed by atoms with Crippen molar-refractivity contribution < 1.29 is 46.2 Å². The molecule has 1 aromatic carbocycles. The Labute approximate surface area is 262 Å². The van der Waals surface area contributed by atoms with Crippen LogP contribution in [0.4, 0.5) is 11.4 Å². The summed E-state index contributed by atoms with van der Waals surface area (Å²) in [6, 6.07) is 6.20. The average Bonchev–Trinajstić information content (AvgIpc) is 3.40. The number of carbonyl (C=O) groups excluding carboxylic acids is 1. The predicted octanol–water partition coefficient (Wildman–Crippen LogP) is 6.62. The molecular weight excluding hydrogens is 742 g/mol. The van der Waals surface area contributed by atoms with Gasteiger partial charge in [-0.1, -0.05) is 26.2 Å². The van der Waals surface area contributed by atoms with Gasteiger partial charge in [0, 0.05) is 43.5 Å². The summed E-state index contributed by atoms with van der Waals surface area (Å²) in [7, 11) is 0. The Bertz CT molecular complexity index is 931. The third-order valence-corrected chi connectivity index (χ3v) is 7.96. The summed E-state index contributed by atoms with van der Waals surface area (Å²) in [4.78, 5) is 17.1. The molecule has 0 spiro atoms. The van der Waals surface area contributed by atoms with Crippen molar-refractivity contribution in [3.05, 3.63) is 35.8 Å². The zero-order valence-corrected chi connectivity index (χ0v) is 29.2. The number of thiazole rings is 1. The zero-order chi connectivity index (χ0) is 27.3. The van der Waals surface area contributed by atoms with E-state index in [4.69, 9.17) is 9.78 Å². The molecule has 1 aliphatic carbocycles. The van der Waals surface area contributed by atoms with Gasteiger partial charge in [-0.3, -0.25) is 6.29 Å². The van der Waals surface area contributed by atoms with Gasteiger partial charge in [-0.2, -0.15) is 25.5 Å². The third-order valence-electron chi connectivity index (χ3n) is 6.41. The molecule has 7 nitrogen and oxygen atoms in total. The minimum atomic E-state index is -0.674. The molecular formula is C28H45N4O3S2U+. The molecule has 1 unspecified atom stereocenters. The van der Waals surface area contributed by atoms with Gasteiger partial charge in [-0.05, 0) is 48.9 Å². The van der Waals surface area contributed by atoms with Crippen molar-refractivity contribution in [2.24, 2.45) is 0 Å². The molecule has 0 bridgehead atoms. The van der Waals surface area contributed by atoms with Crippen LogP contribution in [0.2, 0.25) is 0 Å². The van der Waals surface area contributed by atoms with Crippen LogP contribution in [0.1, 0.15) is 90.0 Å². The Morgan fingerprint density at radius 3 is 2.34 bits per heavy atom. The Morgan fingerprint density at radius 1 is 1.18 bits per heavy atom. The second-order valence-corrected chi connectivity index (χ2v) is 11.1. The van der Waals surface area contributed by atoms with Crippen molar-refractivity contribution in [2.45, 2.75) is 91.1 Å². The van der Waals surface area contributed by atoms with E-state index >= 15 is 0 Å². The van der Waals surface area contributed by atoms with Crippen molar-refractivity contribution in [3.63, 3.8) is 0 Å². The smallest absolute Gasteiger partial charge is 0.542 e. The van der Waals surface area contributed by atoms with E-state index in [9.17, 15) is 10.3 Å². The standard InChI is InChI=1S/C22H33N4O2S2.C3H5O.C3H7.U/c1-2-24-26(28,29)20-14-17(25-12-10-18(27)11-13-25)8-9-19(20)21-15-23-22(30-21)16-6-4-3-5-7-16;1-2-3-4;1-3-2;/h8-9,14-16,18,24,27-29H,2-7,10-13H2,1H3;2H2,1H3;3H,1-2H3;/q+1;2*-1;+2. The van der Waals surface area contributed by atoms with Gasteiger partial charge in [0.1, 0.15) is 12.8 Å². The summed E-state index contributed by atoms with van der Waals surface area (Å²) in [6.07, 6.45) is 13.8. The summed E-state index contributed by atoms with van der Waals surface area (Å²) in [5.41, 5.74) is 5.73. The minimum Gasteiger partial charge on any atom is -0.542 e. The van der Waals surface area contributed by atoms with Gasteiger partial charge in [0.25, 0.3) is 0 Å². The van der Waals surface area contributed by atoms with Crippen molar-refractivity contribution in [1.82, 2.24) is 14.6 Å². The molecule has 1 saturated heterocycles. The van der Waals surface area contributed by atoms with E-state index in [1.165, 1.54) is 37.1 Å². The first kappa shape index (κ1) is 35.6. The number of hydrogen-bond acceptors (Lipinski definition) is 8.